The van der Waals surface area contributed by atoms with Crippen LogP contribution in [0.4, 0.5) is 0 Å². The lowest BCUT2D eigenvalue weighted by atomic mass is 10.0. The Kier molecular flexibility index (Phi) is 16.0. The standard InChI is InChI=1S/4C31H20N2O/c1-32-24-11-5-2-9-21(24)30-26(32)15-16-27-31(30)22-10-3-6-12-25(22)33(27)19-14-17-29-23(18-19)20-8-4-7-13-28(20)34-29;1-32-24-11-5-2-9-22(24)30-26(32)16-17-27-31(30)23-10-3-6-12-25(23)33(27)19-14-15-21-20-8-4-7-13-28(20)34-29(21)18-19;1-32-23-16-8-5-13-20(23)28-29(32)30-26(27-22-15-7-10-18-25(22)34-31(27)28)21-14-6-9-17-24(21)33(30)19-11-3-2-4-12-19;1-32-23-16-8-5-13-20(23)26-27-22-15-7-10-18-25(22)34-31(27)28-21-14-6-9-17-24(21)33(30(28)29(26)32)19-11-3-2-4-12-19/h4*2-18H,1H3. The summed E-state index contributed by atoms with van der Waals surface area (Å²) >= 11 is 0. The highest BCUT2D eigenvalue weighted by molar-refractivity contribution is 6.41. The predicted octanol–water partition coefficient (Wildman–Crippen LogP) is 33.3. The molecule has 0 saturated heterocycles. The lowest BCUT2D eigenvalue weighted by Gasteiger charge is -2.10. The molecular formula is C124H80N8O4. The van der Waals surface area contributed by atoms with Crippen LogP contribution in [-0.4, -0.2) is 36.5 Å². The maximum Gasteiger partial charge on any atom is 0.146 e. The summed E-state index contributed by atoms with van der Waals surface area (Å²) in [5, 5.41) is 29.5. The van der Waals surface area contributed by atoms with Crippen LogP contribution in [0, 0.1) is 0 Å². The molecule has 0 atom stereocenters. The van der Waals surface area contributed by atoms with Crippen LogP contribution >= 0.6 is 0 Å². The Labute approximate surface area is 774 Å². The number of fused-ring (bicyclic) bond motifs is 44. The van der Waals surface area contributed by atoms with Crippen molar-refractivity contribution in [2.75, 3.05) is 0 Å². The summed E-state index contributed by atoms with van der Waals surface area (Å²) in [6.45, 7) is 0. The Morgan fingerprint density at radius 2 is 0.412 bits per heavy atom. The number of rotatable bonds is 4. The summed E-state index contributed by atoms with van der Waals surface area (Å²) in [7, 11) is 8.68. The molecule has 136 heavy (non-hydrogen) atoms. The second kappa shape index (κ2) is 28.8. The lowest BCUT2D eigenvalue weighted by Crippen LogP contribution is -1.96. The fourth-order valence-electron chi connectivity index (χ4n) is 23.5. The number of para-hydroxylation sites is 14. The Bertz CT molecular complexity index is 10700. The summed E-state index contributed by atoms with van der Waals surface area (Å²) in [4.78, 5) is 0. The van der Waals surface area contributed by atoms with Gasteiger partial charge in [-0.05, 0) is 152 Å². The van der Waals surface area contributed by atoms with Crippen LogP contribution in [0.15, 0.2) is 430 Å². The van der Waals surface area contributed by atoms with Gasteiger partial charge in [0.05, 0.1) is 65.9 Å². The third-order valence-corrected chi connectivity index (χ3v) is 29.3. The molecule has 32 aromatic rings. The molecule has 0 spiro atoms. The van der Waals surface area contributed by atoms with Crippen molar-refractivity contribution in [1.82, 2.24) is 36.5 Å². The number of benzene rings is 20. The van der Waals surface area contributed by atoms with Gasteiger partial charge in [-0.15, -0.1) is 0 Å². The van der Waals surface area contributed by atoms with E-state index in [1.54, 1.807) is 0 Å². The summed E-state index contributed by atoms with van der Waals surface area (Å²) in [5.41, 5.74) is 31.5. The lowest BCUT2D eigenvalue weighted by molar-refractivity contribution is 0.668. The molecule has 12 nitrogen and oxygen atoms in total. The molecule has 0 aliphatic heterocycles. The van der Waals surface area contributed by atoms with Crippen molar-refractivity contribution in [2.45, 2.75) is 0 Å². The Morgan fingerprint density at radius 3 is 0.875 bits per heavy atom. The van der Waals surface area contributed by atoms with Crippen molar-refractivity contribution in [1.29, 1.82) is 0 Å². The Morgan fingerprint density at radius 1 is 0.140 bits per heavy atom. The molecule has 12 heterocycles. The zero-order valence-electron chi connectivity index (χ0n) is 74.5. The smallest absolute Gasteiger partial charge is 0.146 e. The van der Waals surface area contributed by atoms with E-state index in [1.165, 1.54) is 185 Å². The van der Waals surface area contributed by atoms with E-state index in [4.69, 9.17) is 17.7 Å². The largest absolute Gasteiger partial charge is 0.456 e. The molecule has 0 N–H and O–H groups in total. The first kappa shape index (κ1) is 75.8. The molecule has 12 aromatic heterocycles. The number of hydrogen-bond acceptors (Lipinski definition) is 4. The molecule has 0 aliphatic carbocycles. The highest BCUT2D eigenvalue weighted by atomic mass is 16.3. The second-order valence-electron chi connectivity index (χ2n) is 36.2. The number of furan rings is 4. The Hall–Kier alpha value is -18.0. The third kappa shape index (κ3) is 10.5. The number of hydrogen-bond donors (Lipinski definition) is 0. The van der Waals surface area contributed by atoms with Crippen molar-refractivity contribution in [3.05, 3.63) is 413 Å². The van der Waals surface area contributed by atoms with E-state index in [0.717, 1.165) is 99.7 Å². The van der Waals surface area contributed by atoms with Crippen LogP contribution in [0.1, 0.15) is 0 Å². The van der Waals surface area contributed by atoms with E-state index < -0.39 is 0 Å². The summed E-state index contributed by atoms with van der Waals surface area (Å²) in [5.74, 6) is 0. The molecule has 0 radical (unpaired) electrons. The minimum Gasteiger partial charge on any atom is -0.456 e. The van der Waals surface area contributed by atoms with Crippen LogP contribution in [-0.2, 0) is 28.2 Å². The van der Waals surface area contributed by atoms with E-state index in [1.807, 2.05) is 24.3 Å². The maximum atomic E-state index is 6.67. The first-order chi connectivity index (χ1) is 67.2. The van der Waals surface area contributed by atoms with Crippen LogP contribution in [0.25, 0.3) is 285 Å². The summed E-state index contributed by atoms with van der Waals surface area (Å²) in [6, 6.07) is 146. The van der Waals surface area contributed by atoms with Gasteiger partial charge in [-0.25, -0.2) is 0 Å². The van der Waals surface area contributed by atoms with Crippen molar-refractivity contribution < 1.29 is 17.7 Å². The molecule has 0 saturated carbocycles. The average Bonchev–Trinajstić information content (AvgIpc) is 1.53. The molecule has 640 valence electrons. The zero-order valence-corrected chi connectivity index (χ0v) is 74.5. The number of nitrogens with zero attached hydrogens (tertiary/aromatic N) is 8. The van der Waals surface area contributed by atoms with E-state index in [0.29, 0.717) is 0 Å². The van der Waals surface area contributed by atoms with Crippen molar-refractivity contribution in [3.63, 3.8) is 0 Å². The molecule has 12 heteroatoms. The molecule has 0 bridgehead atoms. The van der Waals surface area contributed by atoms with Gasteiger partial charge >= 0.3 is 0 Å². The molecule has 0 amide bonds. The fraction of sp³-hybridized carbons (Fsp3) is 0.0323. The number of aryl methyl sites for hydroxylation is 4. The van der Waals surface area contributed by atoms with Gasteiger partial charge in [-0.2, -0.15) is 0 Å². The van der Waals surface area contributed by atoms with E-state index in [-0.39, 0.29) is 0 Å². The molecule has 32 rings (SSSR count). The molecule has 20 aromatic carbocycles. The number of aromatic nitrogens is 8. The SMILES string of the molecule is Cn1c2ccccc2c2c3c4ccccc4n(-c4ccc5c(c4)oc4ccccc45)c3ccc21.Cn1c2ccccc2c2c3c4ccccc4n(-c4ccc5oc6ccccc6c5c4)c3ccc21.Cn1c2ccccc2c2c3c4ccccc4oc3c3c4ccccc4n(-c4ccccc4)c3c21.Cn1c2ccccc2c2c3oc4ccccc4c3c3c4ccccc4n(-c4ccccc4)c3c21. The normalized spacial score (nSPS) is 12.3. The molecule has 0 fully saturated rings. The van der Waals surface area contributed by atoms with Crippen LogP contribution < -0.4 is 0 Å². The van der Waals surface area contributed by atoms with Gasteiger partial charge in [0.1, 0.15) is 44.7 Å². The third-order valence-electron chi connectivity index (χ3n) is 29.3. The van der Waals surface area contributed by atoms with E-state index in [9.17, 15) is 0 Å². The highest BCUT2D eigenvalue weighted by Crippen LogP contribution is 2.53. The van der Waals surface area contributed by atoms with Crippen LogP contribution in [0.2, 0.25) is 0 Å². The van der Waals surface area contributed by atoms with Gasteiger partial charge in [0, 0.05) is 209 Å². The van der Waals surface area contributed by atoms with Crippen molar-refractivity contribution in [2.24, 2.45) is 28.2 Å². The topological polar surface area (TPSA) is 92.0 Å². The van der Waals surface area contributed by atoms with E-state index >= 15 is 0 Å². The molecule has 0 unspecified atom stereocenters. The van der Waals surface area contributed by atoms with Gasteiger partial charge < -0.3 is 54.2 Å². The van der Waals surface area contributed by atoms with Gasteiger partial charge in [0.15, 0.2) is 0 Å². The minimum absolute atomic E-state index is 0.913. The van der Waals surface area contributed by atoms with Gasteiger partial charge in [0.2, 0.25) is 0 Å². The quantitative estimate of drug-likeness (QED) is 0.175. The second-order valence-corrected chi connectivity index (χ2v) is 36.2. The molecular weight excluding hydrogens is 1670 g/mol. The monoisotopic (exact) mass is 1740 g/mol. The van der Waals surface area contributed by atoms with Gasteiger partial charge in [-0.1, -0.05) is 255 Å². The first-order valence-electron chi connectivity index (χ1n) is 46.4. The zero-order chi connectivity index (χ0) is 89.6. The van der Waals surface area contributed by atoms with Crippen molar-refractivity contribution in [3.8, 4) is 22.7 Å². The predicted molar refractivity (Wildman–Crippen MR) is 568 cm³/mol. The fourth-order valence-corrected chi connectivity index (χ4v) is 23.5. The van der Waals surface area contributed by atoms with Gasteiger partial charge in [0.25, 0.3) is 0 Å². The minimum atomic E-state index is 0.913. The summed E-state index contributed by atoms with van der Waals surface area (Å²) < 4.78 is 44.5. The van der Waals surface area contributed by atoms with Crippen molar-refractivity contribution >= 4 is 262 Å². The summed E-state index contributed by atoms with van der Waals surface area (Å²) in [6.07, 6.45) is 0. The Balaban J connectivity index is 0.0000000879. The average molecular weight is 1750 g/mol. The highest BCUT2D eigenvalue weighted by Gasteiger charge is 2.31. The van der Waals surface area contributed by atoms with Crippen LogP contribution in [0.5, 0.6) is 0 Å². The maximum absolute atomic E-state index is 6.67. The first-order valence-corrected chi connectivity index (χ1v) is 46.4. The van der Waals surface area contributed by atoms with Crippen LogP contribution in [0.3, 0.4) is 0 Å². The van der Waals surface area contributed by atoms with Gasteiger partial charge in [-0.3, -0.25) is 0 Å². The van der Waals surface area contributed by atoms with E-state index in [2.05, 4.69) is 453 Å². The molecule has 0 aliphatic rings.